The van der Waals surface area contributed by atoms with Gasteiger partial charge in [0.2, 0.25) is 0 Å². The Morgan fingerprint density at radius 3 is 2.74 bits per heavy atom. The SMILES string of the molecule is CC(C)N(C)Cc1c(C(=O)O)sc2cccc(F)c12. The van der Waals surface area contributed by atoms with Crippen molar-refractivity contribution in [2.75, 3.05) is 7.05 Å². The Bertz CT molecular complexity index is 621. The Morgan fingerprint density at radius 1 is 1.47 bits per heavy atom. The monoisotopic (exact) mass is 281 g/mol. The first-order valence-corrected chi connectivity index (χ1v) is 6.87. The molecule has 2 aromatic rings. The van der Waals surface area contributed by atoms with Crippen molar-refractivity contribution < 1.29 is 14.3 Å². The lowest BCUT2D eigenvalue weighted by molar-refractivity contribution is 0.0700. The molecule has 0 atom stereocenters. The molecule has 0 fully saturated rings. The molecular formula is C14H16FNO2S. The molecule has 0 saturated heterocycles. The minimum absolute atomic E-state index is 0.229. The van der Waals surface area contributed by atoms with E-state index in [1.54, 1.807) is 12.1 Å². The number of nitrogens with zero attached hydrogens (tertiary/aromatic N) is 1. The number of halogens is 1. The van der Waals surface area contributed by atoms with E-state index >= 15 is 0 Å². The molecular weight excluding hydrogens is 265 g/mol. The molecule has 3 nitrogen and oxygen atoms in total. The van der Waals surface area contributed by atoms with Crippen LogP contribution in [-0.2, 0) is 6.54 Å². The molecule has 0 aliphatic heterocycles. The van der Waals surface area contributed by atoms with Crippen molar-refractivity contribution in [3.63, 3.8) is 0 Å². The Balaban J connectivity index is 2.61. The minimum atomic E-state index is -0.993. The Hall–Kier alpha value is -1.46. The van der Waals surface area contributed by atoms with Gasteiger partial charge in [0.25, 0.3) is 0 Å². The summed E-state index contributed by atoms with van der Waals surface area (Å²) >= 11 is 1.13. The number of rotatable bonds is 4. The quantitative estimate of drug-likeness (QED) is 0.931. The number of thiophene rings is 1. The summed E-state index contributed by atoms with van der Waals surface area (Å²) in [4.78, 5) is 13.6. The third-order valence-electron chi connectivity index (χ3n) is 3.25. The molecule has 1 aromatic heterocycles. The van der Waals surface area contributed by atoms with Crippen LogP contribution in [0.5, 0.6) is 0 Å². The van der Waals surface area contributed by atoms with E-state index in [4.69, 9.17) is 0 Å². The number of hydrogen-bond acceptors (Lipinski definition) is 3. The summed E-state index contributed by atoms with van der Waals surface area (Å²) in [5, 5.41) is 9.72. The van der Waals surface area contributed by atoms with Crippen LogP contribution in [0.4, 0.5) is 4.39 Å². The standard InChI is InChI=1S/C14H16FNO2S/c1-8(2)16(3)7-9-12-10(15)5-4-6-11(12)19-13(9)14(17)18/h4-6,8H,7H2,1-3H3,(H,17,18). The third kappa shape index (κ3) is 2.62. The molecule has 0 radical (unpaired) electrons. The predicted molar refractivity (Wildman–Crippen MR) is 75.3 cm³/mol. The van der Waals surface area contributed by atoms with Crippen LogP contribution in [0.3, 0.4) is 0 Å². The van der Waals surface area contributed by atoms with Gasteiger partial charge in [-0.1, -0.05) is 6.07 Å². The lowest BCUT2D eigenvalue weighted by atomic mass is 10.1. The van der Waals surface area contributed by atoms with Gasteiger partial charge < -0.3 is 5.11 Å². The van der Waals surface area contributed by atoms with Gasteiger partial charge in [-0.05, 0) is 33.0 Å². The summed E-state index contributed by atoms with van der Waals surface area (Å²) in [7, 11) is 1.90. The van der Waals surface area contributed by atoms with Crippen LogP contribution < -0.4 is 0 Å². The van der Waals surface area contributed by atoms with Crippen LogP contribution in [0.15, 0.2) is 18.2 Å². The van der Waals surface area contributed by atoms with Crippen molar-refractivity contribution in [1.29, 1.82) is 0 Å². The number of fused-ring (bicyclic) bond motifs is 1. The van der Waals surface area contributed by atoms with Crippen LogP contribution >= 0.6 is 11.3 Å². The second-order valence-electron chi connectivity index (χ2n) is 4.84. The van der Waals surface area contributed by atoms with E-state index in [9.17, 15) is 14.3 Å². The number of carboxylic acid groups (broad SMARTS) is 1. The topological polar surface area (TPSA) is 40.5 Å². The van der Waals surface area contributed by atoms with E-state index in [1.807, 2.05) is 25.8 Å². The van der Waals surface area contributed by atoms with Crippen LogP contribution in [0, 0.1) is 5.82 Å². The van der Waals surface area contributed by atoms with Gasteiger partial charge in [-0.3, -0.25) is 4.90 Å². The minimum Gasteiger partial charge on any atom is -0.477 e. The van der Waals surface area contributed by atoms with Gasteiger partial charge in [-0.2, -0.15) is 0 Å². The molecule has 0 bridgehead atoms. The van der Waals surface area contributed by atoms with Gasteiger partial charge in [0, 0.05) is 28.2 Å². The second-order valence-corrected chi connectivity index (χ2v) is 5.89. The Morgan fingerprint density at radius 2 is 2.16 bits per heavy atom. The Kier molecular flexibility index (Phi) is 3.87. The number of aromatic carboxylic acids is 1. The fourth-order valence-electron chi connectivity index (χ4n) is 1.92. The average Bonchev–Trinajstić information content (AvgIpc) is 2.69. The molecule has 1 aromatic carbocycles. The maximum atomic E-state index is 14.0. The van der Waals surface area contributed by atoms with Crippen LogP contribution in [-0.4, -0.2) is 29.1 Å². The molecule has 1 N–H and O–H groups in total. The first kappa shape index (κ1) is 14.0. The summed E-state index contributed by atoms with van der Waals surface area (Å²) < 4.78 is 14.7. The zero-order chi connectivity index (χ0) is 14.2. The van der Waals surface area contributed by atoms with E-state index < -0.39 is 5.97 Å². The first-order valence-electron chi connectivity index (χ1n) is 6.05. The van der Waals surface area contributed by atoms with Crippen molar-refractivity contribution >= 4 is 27.4 Å². The van der Waals surface area contributed by atoms with Crippen molar-refractivity contribution in [2.45, 2.75) is 26.4 Å². The van der Waals surface area contributed by atoms with Gasteiger partial charge >= 0.3 is 5.97 Å². The fraction of sp³-hybridized carbons (Fsp3) is 0.357. The summed E-state index contributed by atoms with van der Waals surface area (Å²) in [5.41, 5.74) is 0.571. The molecule has 1 heterocycles. The largest absolute Gasteiger partial charge is 0.477 e. The van der Waals surface area contributed by atoms with Gasteiger partial charge in [0.1, 0.15) is 10.7 Å². The number of benzene rings is 1. The van der Waals surface area contributed by atoms with Gasteiger partial charge in [0.05, 0.1) is 0 Å². The van der Waals surface area contributed by atoms with Crippen LogP contribution in [0.2, 0.25) is 0 Å². The lowest BCUT2D eigenvalue weighted by Crippen LogP contribution is -2.26. The molecule has 0 aliphatic rings. The summed E-state index contributed by atoms with van der Waals surface area (Å²) in [6.07, 6.45) is 0. The highest BCUT2D eigenvalue weighted by Gasteiger charge is 2.21. The van der Waals surface area contributed by atoms with Crippen molar-refractivity contribution in [1.82, 2.24) is 4.90 Å². The van der Waals surface area contributed by atoms with E-state index in [-0.39, 0.29) is 16.7 Å². The maximum Gasteiger partial charge on any atom is 0.346 e. The fourth-order valence-corrected chi connectivity index (χ4v) is 2.99. The molecule has 0 amide bonds. The number of carboxylic acids is 1. The van der Waals surface area contributed by atoms with Gasteiger partial charge in [-0.15, -0.1) is 11.3 Å². The lowest BCUT2D eigenvalue weighted by Gasteiger charge is -2.21. The number of hydrogen-bond donors (Lipinski definition) is 1. The summed E-state index contributed by atoms with van der Waals surface area (Å²) in [6, 6.07) is 5.01. The molecule has 0 unspecified atom stereocenters. The molecule has 0 saturated carbocycles. The maximum absolute atomic E-state index is 14.0. The second kappa shape index (κ2) is 5.27. The molecule has 0 aliphatic carbocycles. The Labute approximate surface area is 115 Å². The van der Waals surface area contributed by atoms with Crippen molar-refractivity contribution in [3.8, 4) is 0 Å². The van der Waals surface area contributed by atoms with Gasteiger partial charge in [0.15, 0.2) is 0 Å². The normalized spacial score (nSPS) is 11.7. The van der Waals surface area contributed by atoms with Crippen molar-refractivity contribution in [2.24, 2.45) is 0 Å². The van der Waals surface area contributed by atoms with E-state index in [2.05, 4.69) is 0 Å². The molecule has 0 spiro atoms. The highest BCUT2D eigenvalue weighted by molar-refractivity contribution is 7.21. The van der Waals surface area contributed by atoms with E-state index in [0.29, 0.717) is 22.2 Å². The predicted octanol–water partition coefficient (Wildman–Crippen LogP) is 3.58. The highest BCUT2D eigenvalue weighted by Crippen LogP contribution is 2.34. The smallest absolute Gasteiger partial charge is 0.346 e. The third-order valence-corrected chi connectivity index (χ3v) is 4.43. The highest BCUT2D eigenvalue weighted by atomic mass is 32.1. The molecule has 5 heteroatoms. The average molecular weight is 281 g/mol. The van der Waals surface area contributed by atoms with E-state index in [1.165, 1.54) is 6.07 Å². The van der Waals surface area contributed by atoms with Crippen molar-refractivity contribution in [3.05, 3.63) is 34.5 Å². The zero-order valence-electron chi connectivity index (χ0n) is 11.1. The zero-order valence-corrected chi connectivity index (χ0v) is 11.9. The first-order chi connectivity index (χ1) is 8.91. The van der Waals surface area contributed by atoms with E-state index in [0.717, 1.165) is 11.3 Å². The molecule has 19 heavy (non-hydrogen) atoms. The molecule has 2 rings (SSSR count). The summed E-state index contributed by atoms with van der Waals surface area (Å²) in [5.74, 6) is -1.35. The van der Waals surface area contributed by atoms with Crippen LogP contribution in [0.1, 0.15) is 29.1 Å². The molecule has 102 valence electrons. The summed E-state index contributed by atoms with van der Waals surface area (Å²) in [6.45, 7) is 4.47. The van der Waals surface area contributed by atoms with Gasteiger partial charge in [-0.25, -0.2) is 9.18 Å². The number of carbonyl (C=O) groups is 1. The van der Waals surface area contributed by atoms with Crippen LogP contribution in [0.25, 0.3) is 10.1 Å².